The molecule has 0 aliphatic heterocycles. The summed E-state index contributed by atoms with van der Waals surface area (Å²) >= 11 is 0. The lowest BCUT2D eigenvalue weighted by Gasteiger charge is -2.25. The highest BCUT2D eigenvalue weighted by molar-refractivity contribution is 5.80. The van der Waals surface area contributed by atoms with Gasteiger partial charge in [0.15, 0.2) is 0 Å². The van der Waals surface area contributed by atoms with Gasteiger partial charge in [0.25, 0.3) is 0 Å². The van der Waals surface area contributed by atoms with E-state index < -0.39 is 12.1 Å². The number of hydrogen-bond acceptors (Lipinski definition) is 4. The van der Waals surface area contributed by atoms with E-state index in [2.05, 4.69) is 29.6 Å². The third-order valence-electron chi connectivity index (χ3n) is 6.70. The molecule has 0 saturated heterocycles. The molecule has 2 amide bonds. The molecule has 2 N–H and O–H groups in total. The summed E-state index contributed by atoms with van der Waals surface area (Å²) in [6.07, 6.45) is 2.24. The average Bonchev–Trinajstić information content (AvgIpc) is 3.60. The van der Waals surface area contributed by atoms with Gasteiger partial charge in [-0.1, -0.05) is 55.5 Å². The molecule has 0 aromatic heterocycles. The van der Waals surface area contributed by atoms with Gasteiger partial charge in [-0.15, -0.1) is 0 Å². The second-order valence-corrected chi connectivity index (χ2v) is 9.21. The number of amides is 2. The van der Waals surface area contributed by atoms with Crippen molar-refractivity contribution in [1.29, 1.82) is 0 Å². The highest BCUT2D eigenvalue weighted by Gasteiger charge is 2.30. The van der Waals surface area contributed by atoms with Gasteiger partial charge >= 0.3 is 12.1 Å². The second kappa shape index (κ2) is 10.7. The minimum absolute atomic E-state index is 0.0232. The van der Waals surface area contributed by atoms with Crippen molar-refractivity contribution in [3.63, 3.8) is 0 Å². The smallest absolute Gasteiger partial charge is 0.407 e. The lowest BCUT2D eigenvalue weighted by molar-refractivity contribution is -0.138. The number of benzene rings is 2. The first kappa shape index (κ1) is 23.8. The fraction of sp³-hybridized carbons (Fsp3) is 0.444. The van der Waals surface area contributed by atoms with Crippen LogP contribution in [0.4, 0.5) is 4.79 Å². The first-order chi connectivity index (χ1) is 16.5. The molecule has 0 radical (unpaired) electrons. The monoisotopic (exact) mass is 464 g/mol. The van der Waals surface area contributed by atoms with E-state index in [1.54, 1.807) is 4.90 Å². The number of ether oxygens (including phenoxy) is 1. The predicted octanol–water partition coefficient (Wildman–Crippen LogP) is 4.41. The number of nitrogens with one attached hydrogen (secondary N) is 1. The molecular formula is C27H32N2O5. The molecule has 7 heteroatoms. The standard InChI is InChI=1S/C27H32N2O5/c1-2-19(15-25(30)29(14-13-26(31)32)16-18-11-12-18)28-27(33)34-17-24-22-9-5-3-7-20(22)21-8-4-6-10-23(21)24/h3-10,18-19,24H,2,11-17H2,1H3,(H,28,33)(H,31,32). The molecule has 2 aliphatic rings. The number of nitrogens with zero attached hydrogens (tertiary/aromatic N) is 1. The van der Waals surface area contributed by atoms with Gasteiger partial charge in [-0.3, -0.25) is 9.59 Å². The Balaban J connectivity index is 1.33. The Morgan fingerprint density at radius 1 is 1.06 bits per heavy atom. The van der Waals surface area contributed by atoms with Crippen LogP contribution >= 0.6 is 0 Å². The zero-order valence-electron chi connectivity index (χ0n) is 19.5. The Labute approximate surface area is 200 Å². The van der Waals surface area contributed by atoms with Crippen molar-refractivity contribution in [2.45, 2.75) is 51.0 Å². The molecule has 34 heavy (non-hydrogen) atoms. The van der Waals surface area contributed by atoms with Gasteiger partial charge in [0.2, 0.25) is 5.91 Å². The molecule has 1 unspecified atom stereocenters. The molecule has 2 aliphatic carbocycles. The summed E-state index contributed by atoms with van der Waals surface area (Å²) in [5, 5.41) is 11.8. The highest BCUT2D eigenvalue weighted by atomic mass is 16.5. The number of aliphatic carboxylic acids is 1. The largest absolute Gasteiger partial charge is 0.481 e. The van der Waals surface area contributed by atoms with Crippen molar-refractivity contribution in [2.24, 2.45) is 5.92 Å². The summed E-state index contributed by atoms with van der Waals surface area (Å²) in [7, 11) is 0. The van der Waals surface area contributed by atoms with Crippen molar-refractivity contribution in [2.75, 3.05) is 19.7 Å². The minimum atomic E-state index is -0.919. The van der Waals surface area contributed by atoms with Crippen LogP contribution in [0.15, 0.2) is 48.5 Å². The maximum Gasteiger partial charge on any atom is 0.407 e. The number of fused-ring (bicyclic) bond motifs is 3. The fourth-order valence-electron chi connectivity index (χ4n) is 4.60. The van der Waals surface area contributed by atoms with E-state index in [-0.39, 0.29) is 43.9 Å². The topological polar surface area (TPSA) is 95.9 Å². The van der Waals surface area contributed by atoms with Crippen LogP contribution in [0.25, 0.3) is 11.1 Å². The molecule has 1 saturated carbocycles. The summed E-state index contributed by atoms with van der Waals surface area (Å²) in [4.78, 5) is 38.1. The van der Waals surface area contributed by atoms with E-state index in [1.165, 1.54) is 11.1 Å². The highest BCUT2D eigenvalue weighted by Crippen LogP contribution is 2.44. The number of hydrogen-bond donors (Lipinski definition) is 2. The molecular weight excluding hydrogens is 432 g/mol. The van der Waals surface area contributed by atoms with E-state index in [0.29, 0.717) is 18.9 Å². The first-order valence-corrected chi connectivity index (χ1v) is 12.1. The lowest BCUT2D eigenvalue weighted by atomic mass is 9.98. The van der Waals surface area contributed by atoms with Crippen LogP contribution in [-0.4, -0.2) is 53.7 Å². The van der Waals surface area contributed by atoms with E-state index >= 15 is 0 Å². The Hall–Kier alpha value is -3.35. The molecule has 1 atom stereocenters. The second-order valence-electron chi connectivity index (χ2n) is 9.21. The molecule has 7 nitrogen and oxygen atoms in total. The van der Waals surface area contributed by atoms with E-state index in [0.717, 1.165) is 24.0 Å². The molecule has 0 bridgehead atoms. The SMILES string of the molecule is CCC(CC(=O)N(CCC(=O)O)CC1CC1)NC(=O)OCC1c2ccccc2-c2ccccc21. The quantitative estimate of drug-likeness (QED) is 0.514. The summed E-state index contributed by atoms with van der Waals surface area (Å²) in [6.45, 7) is 2.92. The van der Waals surface area contributed by atoms with Crippen molar-refractivity contribution in [3.8, 4) is 11.1 Å². The molecule has 0 spiro atoms. The van der Waals surface area contributed by atoms with E-state index in [1.807, 2.05) is 31.2 Å². The van der Waals surface area contributed by atoms with Gasteiger partial charge < -0.3 is 20.1 Å². The third-order valence-corrected chi connectivity index (χ3v) is 6.70. The minimum Gasteiger partial charge on any atom is -0.481 e. The van der Waals surface area contributed by atoms with Crippen molar-refractivity contribution in [1.82, 2.24) is 10.2 Å². The van der Waals surface area contributed by atoms with Crippen molar-refractivity contribution >= 4 is 18.0 Å². The van der Waals surface area contributed by atoms with E-state index in [9.17, 15) is 14.4 Å². The predicted molar refractivity (Wildman–Crippen MR) is 128 cm³/mol. The summed E-state index contributed by atoms with van der Waals surface area (Å²) in [5.41, 5.74) is 4.63. The number of carbonyl (C=O) groups excluding carboxylic acids is 2. The third kappa shape index (κ3) is 5.76. The van der Waals surface area contributed by atoms with Crippen LogP contribution in [0.5, 0.6) is 0 Å². The van der Waals surface area contributed by atoms with Crippen molar-refractivity contribution < 1.29 is 24.2 Å². The fourth-order valence-corrected chi connectivity index (χ4v) is 4.60. The average molecular weight is 465 g/mol. The number of carbonyl (C=O) groups is 3. The molecule has 180 valence electrons. The van der Waals surface area contributed by atoms with Crippen LogP contribution in [0.2, 0.25) is 0 Å². The maximum absolute atomic E-state index is 12.9. The molecule has 2 aromatic rings. The molecule has 4 rings (SSSR count). The van der Waals surface area contributed by atoms with Gasteiger partial charge in [0, 0.05) is 31.5 Å². The molecule has 1 fully saturated rings. The zero-order valence-corrected chi connectivity index (χ0v) is 19.5. The first-order valence-electron chi connectivity index (χ1n) is 12.1. The summed E-state index contributed by atoms with van der Waals surface area (Å²) in [6, 6.07) is 16.0. The number of carboxylic acid groups (broad SMARTS) is 1. The maximum atomic E-state index is 12.9. The van der Waals surface area contributed by atoms with Gasteiger partial charge in [-0.25, -0.2) is 4.79 Å². The number of rotatable bonds is 11. The Kier molecular flexibility index (Phi) is 7.50. The van der Waals surface area contributed by atoms with E-state index in [4.69, 9.17) is 9.84 Å². The van der Waals surface area contributed by atoms with Gasteiger partial charge in [0.05, 0.1) is 6.42 Å². The van der Waals surface area contributed by atoms with Crippen LogP contribution in [-0.2, 0) is 14.3 Å². The van der Waals surface area contributed by atoms with Crippen LogP contribution < -0.4 is 5.32 Å². The summed E-state index contributed by atoms with van der Waals surface area (Å²) in [5.74, 6) is -0.603. The van der Waals surface area contributed by atoms with Gasteiger partial charge in [-0.2, -0.15) is 0 Å². The molecule has 0 heterocycles. The van der Waals surface area contributed by atoms with Gasteiger partial charge in [0.1, 0.15) is 6.61 Å². The Morgan fingerprint density at radius 2 is 1.68 bits per heavy atom. The normalized spacial score (nSPS) is 15.2. The Morgan fingerprint density at radius 3 is 2.24 bits per heavy atom. The summed E-state index contributed by atoms with van der Waals surface area (Å²) < 4.78 is 5.61. The Bertz CT molecular complexity index is 1000. The van der Waals surface area contributed by atoms with Crippen molar-refractivity contribution in [3.05, 3.63) is 59.7 Å². The van der Waals surface area contributed by atoms with Crippen LogP contribution in [0.3, 0.4) is 0 Å². The van der Waals surface area contributed by atoms with Gasteiger partial charge in [-0.05, 0) is 47.4 Å². The number of alkyl carbamates (subject to hydrolysis) is 1. The molecule has 2 aromatic carbocycles. The van der Waals surface area contributed by atoms with Crippen LogP contribution in [0.1, 0.15) is 56.1 Å². The number of carboxylic acids is 1. The lowest BCUT2D eigenvalue weighted by Crippen LogP contribution is -2.42. The zero-order chi connectivity index (χ0) is 24.1. The van der Waals surface area contributed by atoms with Crippen LogP contribution in [0, 0.1) is 5.92 Å².